The Hall–Kier alpha value is -6.83. The highest BCUT2D eigenvalue weighted by Crippen LogP contribution is 2.52. The van der Waals surface area contributed by atoms with E-state index < -0.39 is 78.2 Å². The van der Waals surface area contributed by atoms with Gasteiger partial charge in [-0.1, -0.05) is 5.92 Å². The second kappa shape index (κ2) is 14.6. The van der Waals surface area contributed by atoms with Gasteiger partial charge in [0.2, 0.25) is 11.5 Å². The largest absolute Gasteiger partial charge is 0.346 e. The van der Waals surface area contributed by atoms with E-state index >= 15 is 8.78 Å². The first kappa shape index (κ1) is 38.1. The number of nitrogens with one attached hydrogen (secondary N) is 3. The molecular weight excluding hydrogens is 774 g/mol. The molecule has 3 N–H and O–H groups in total. The first-order valence-corrected chi connectivity index (χ1v) is 17.6. The number of pyridine rings is 3. The van der Waals surface area contributed by atoms with Crippen LogP contribution in [0.2, 0.25) is 0 Å². The number of nitrogens with zero attached hydrogens (tertiary/aromatic N) is 4. The molecule has 294 valence electrons. The van der Waals surface area contributed by atoms with E-state index in [4.69, 9.17) is 4.98 Å². The lowest BCUT2D eigenvalue weighted by molar-refractivity contribution is -0.123. The number of carbonyl (C=O) groups excluding carboxylic acids is 1. The van der Waals surface area contributed by atoms with E-state index in [-0.39, 0.29) is 33.6 Å². The van der Waals surface area contributed by atoms with Gasteiger partial charge < -0.3 is 15.3 Å². The number of H-pyrrole nitrogens is 2. The molecule has 0 saturated carbocycles. The van der Waals surface area contributed by atoms with Crippen LogP contribution in [0.5, 0.6) is 0 Å². The van der Waals surface area contributed by atoms with Crippen molar-refractivity contribution < 1.29 is 39.9 Å². The number of rotatable bonds is 8. The van der Waals surface area contributed by atoms with E-state index in [0.29, 0.717) is 44.7 Å². The maximum atomic E-state index is 15.2. The highest BCUT2D eigenvalue weighted by atomic mass is 19.3. The van der Waals surface area contributed by atoms with E-state index in [1.165, 1.54) is 12.3 Å². The van der Waals surface area contributed by atoms with Gasteiger partial charge in [-0.3, -0.25) is 14.3 Å². The van der Waals surface area contributed by atoms with Crippen molar-refractivity contribution in [3.05, 3.63) is 147 Å². The van der Waals surface area contributed by atoms with E-state index in [0.717, 1.165) is 12.1 Å². The summed E-state index contributed by atoms with van der Waals surface area (Å²) in [4.78, 5) is 40.4. The van der Waals surface area contributed by atoms with Crippen LogP contribution in [0.15, 0.2) is 90.0 Å². The Labute approximate surface area is 322 Å². The molecular formula is C41H27F8N7O2. The monoisotopic (exact) mass is 801 g/mol. The summed E-state index contributed by atoms with van der Waals surface area (Å²) in [5.41, 5.74) is -2.19. The Morgan fingerprint density at radius 1 is 0.879 bits per heavy atom. The fraction of sp³-hybridized carbons (Fsp3) is 0.195. The zero-order valence-electron chi connectivity index (χ0n) is 29.7. The Bertz CT molecular complexity index is 2850. The second-order valence-electron chi connectivity index (χ2n) is 13.7. The molecule has 1 aliphatic carbocycles. The standard InChI is InChI=1S/C41H27F8N7O2/c42-26-14-22(15-27(43)18-26)16-31(54-33(58)20-56-37-34(36(55-56)38(44)45)40(46,47)10-11-41(37,48)49)35-29(25-17-24-9-12-50-39(24)51-19-25)6-5-28(52-35)4-1-21-2-7-30-23(13-21)3-8-32(57)53-30/h2-3,5-9,12-15,17-19,31,38H,10-11,16,20H2,(H,50,51)(H,53,57)(H,54,58). The van der Waals surface area contributed by atoms with E-state index in [9.17, 15) is 35.9 Å². The number of carbonyl (C=O) groups is 1. The van der Waals surface area contributed by atoms with Crippen molar-refractivity contribution in [2.24, 2.45) is 0 Å². The topological polar surface area (TPSA) is 121 Å². The molecule has 0 saturated heterocycles. The summed E-state index contributed by atoms with van der Waals surface area (Å²) in [5.74, 6) is -5.18. The number of hydrogen-bond acceptors (Lipinski definition) is 5. The van der Waals surface area contributed by atoms with Crippen molar-refractivity contribution in [1.29, 1.82) is 0 Å². The lowest BCUT2D eigenvalue weighted by atomic mass is 9.89. The molecule has 0 radical (unpaired) electrons. The summed E-state index contributed by atoms with van der Waals surface area (Å²) < 4.78 is 117. The van der Waals surface area contributed by atoms with Crippen LogP contribution in [0, 0.1) is 23.5 Å². The van der Waals surface area contributed by atoms with Gasteiger partial charge in [0.15, 0.2) is 0 Å². The highest BCUT2D eigenvalue weighted by molar-refractivity contribution is 5.83. The van der Waals surface area contributed by atoms with Gasteiger partial charge in [-0.2, -0.15) is 13.9 Å². The Balaban J connectivity index is 1.23. The second-order valence-corrected chi connectivity index (χ2v) is 13.7. The van der Waals surface area contributed by atoms with Crippen LogP contribution in [-0.2, 0) is 29.6 Å². The van der Waals surface area contributed by atoms with Gasteiger partial charge in [0.05, 0.1) is 17.3 Å². The van der Waals surface area contributed by atoms with Crippen molar-refractivity contribution in [1.82, 2.24) is 35.0 Å². The minimum Gasteiger partial charge on any atom is -0.346 e. The zero-order chi connectivity index (χ0) is 40.9. The minimum absolute atomic E-state index is 0.0306. The van der Waals surface area contributed by atoms with Crippen molar-refractivity contribution in [2.45, 2.75) is 50.1 Å². The van der Waals surface area contributed by atoms with E-state index in [1.54, 1.807) is 54.7 Å². The van der Waals surface area contributed by atoms with Crippen LogP contribution in [0.3, 0.4) is 0 Å². The first-order valence-electron chi connectivity index (χ1n) is 17.6. The number of aromatic nitrogens is 6. The molecule has 9 nitrogen and oxygen atoms in total. The van der Waals surface area contributed by atoms with Crippen molar-refractivity contribution in [3.8, 4) is 23.0 Å². The van der Waals surface area contributed by atoms with Crippen LogP contribution in [0.4, 0.5) is 35.1 Å². The first-order chi connectivity index (χ1) is 27.6. The summed E-state index contributed by atoms with van der Waals surface area (Å²) in [6.45, 7) is -1.20. The van der Waals surface area contributed by atoms with Crippen molar-refractivity contribution in [2.75, 3.05) is 0 Å². The fourth-order valence-corrected chi connectivity index (χ4v) is 7.10. The third-order valence-electron chi connectivity index (χ3n) is 9.67. The number of alkyl halides is 6. The molecule has 1 unspecified atom stereocenters. The predicted octanol–water partition coefficient (Wildman–Crippen LogP) is 8.36. The normalized spacial score (nSPS) is 14.9. The lowest BCUT2D eigenvalue weighted by Gasteiger charge is -2.29. The maximum absolute atomic E-state index is 15.2. The van der Waals surface area contributed by atoms with Crippen LogP contribution < -0.4 is 10.9 Å². The molecule has 5 aromatic heterocycles. The SMILES string of the molecule is O=C(Cn1nc(C(F)F)c2c1C(F)(F)CCC2(F)F)NC(Cc1cc(F)cc(F)c1)c1nc(C#Cc2ccc3[nH]c(=O)ccc3c2)ccc1-c1cnc2[nH]ccc2c1. The molecule has 0 fully saturated rings. The van der Waals surface area contributed by atoms with Gasteiger partial charge in [-0.25, -0.2) is 36.3 Å². The molecule has 0 spiro atoms. The number of fused-ring (bicyclic) bond motifs is 3. The molecule has 8 rings (SSSR count). The molecule has 7 aromatic rings. The molecule has 17 heteroatoms. The van der Waals surface area contributed by atoms with Gasteiger partial charge in [-0.15, -0.1) is 0 Å². The van der Waals surface area contributed by atoms with Crippen LogP contribution in [-0.4, -0.2) is 35.6 Å². The maximum Gasteiger partial charge on any atom is 0.290 e. The van der Waals surface area contributed by atoms with E-state index in [1.807, 2.05) is 0 Å². The summed E-state index contributed by atoms with van der Waals surface area (Å²) in [7, 11) is 0. The van der Waals surface area contributed by atoms with Gasteiger partial charge >= 0.3 is 0 Å². The average molecular weight is 802 g/mol. The number of halogens is 8. The number of benzene rings is 2. The number of amides is 1. The minimum atomic E-state index is -4.07. The molecule has 1 atom stereocenters. The van der Waals surface area contributed by atoms with Gasteiger partial charge in [0.25, 0.3) is 18.3 Å². The summed E-state index contributed by atoms with van der Waals surface area (Å²) >= 11 is 0. The average Bonchev–Trinajstić information content (AvgIpc) is 3.81. The quantitative estimate of drug-likeness (QED) is 0.105. The molecule has 5 heterocycles. The Morgan fingerprint density at radius 2 is 1.66 bits per heavy atom. The lowest BCUT2D eigenvalue weighted by Crippen LogP contribution is -2.37. The summed E-state index contributed by atoms with van der Waals surface area (Å²) in [6.07, 6.45) is -3.62. The molecule has 1 aliphatic rings. The molecule has 1 amide bonds. The summed E-state index contributed by atoms with van der Waals surface area (Å²) in [5, 5.41) is 7.36. The highest BCUT2D eigenvalue weighted by Gasteiger charge is 2.55. The molecule has 0 aliphatic heterocycles. The molecule has 0 bridgehead atoms. The van der Waals surface area contributed by atoms with Gasteiger partial charge in [0, 0.05) is 65.0 Å². The van der Waals surface area contributed by atoms with Crippen LogP contribution in [0.1, 0.15) is 64.8 Å². The van der Waals surface area contributed by atoms with Crippen molar-refractivity contribution >= 4 is 27.8 Å². The van der Waals surface area contributed by atoms with Gasteiger partial charge in [0.1, 0.15) is 40.9 Å². The van der Waals surface area contributed by atoms with Crippen LogP contribution >= 0.6 is 0 Å². The van der Waals surface area contributed by atoms with Crippen molar-refractivity contribution in [3.63, 3.8) is 0 Å². The number of hydrogen-bond donors (Lipinski definition) is 3. The Kier molecular flexibility index (Phi) is 9.58. The smallest absolute Gasteiger partial charge is 0.290 e. The third-order valence-corrected chi connectivity index (χ3v) is 9.67. The zero-order valence-corrected chi connectivity index (χ0v) is 29.7. The summed E-state index contributed by atoms with van der Waals surface area (Å²) in [6, 6.07) is 16.1. The fourth-order valence-electron chi connectivity index (χ4n) is 7.10. The third kappa shape index (κ3) is 7.52. The molecule has 58 heavy (non-hydrogen) atoms. The van der Waals surface area contributed by atoms with Gasteiger partial charge in [-0.05, 0) is 84.0 Å². The van der Waals surface area contributed by atoms with E-state index in [2.05, 4.69) is 37.2 Å². The number of aromatic amines is 2. The Morgan fingerprint density at radius 3 is 2.43 bits per heavy atom. The molecule has 2 aromatic carbocycles. The predicted molar refractivity (Wildman–Crippen MR) is 195 cm³/mol. The van der Waals surface area contributed by atoms with Crippen LogP contribution in [0.25, 0.3) is 33.1 Å².